The molecule has 6 heteroatoms. The van der Waals surface area contributed by atoms with E-state index in [1.807, 2.05) is 18.2 Å². The zero-order chi connectivity index (χ0) is 19.9. The minimum atomic E-state index is 0.0541. The third-order valence-electron chi connectivity index (χ3n) is 5.92. The first-order chi connectivity index (χ1) is 13.7. The lowest BCUT2D eigenvalue weighted by Crippen LogP contribution is -2.46. The summed E-state index contributed by atoms with van der Waals surface area (Å²) in [5, 5.41) is 6.57. The Morgan fingerprint density at radius 3 is 2.46 bits per heavy atom. The number of hydrogen-bond acceptors (Lipinski definition) is 5. The van der Waals surface area contributed by atoms with E-state index in [0.29, 0.717) is 18.0 Å². The summed E-state index contributed by atoms with van der Waals surface area (Å²) in [5.74, 6) is 1.86. The third-order valence-corrected chi connectivity index (χ3v) is 5.92. The fraction of sp³-hybridized carbons (Fsp3) is 0.636. The number of unbranched alkanes of at least 4 members (excludes halogenated alkanes) is 3. The standard InChI is InChI=1S/C22H33N3O3/c1-27-19-12-11-16(15-20(19)28-2)21-17-9-5-6-10-18(17)22(26)25(24-21)14-8-4-3-7-13-23/h11-12,15,17-18H,3-10,13-14,23H2,1-2H3. The number of hydrazone groups is 1. The molecule has 1 heterocycles. The van der Waals surface area contributed by atoms with Gasteiger partial charge >= 0.3 is 0 Å². The molecule has 1 aromatic carbocycles. The first-order valence-corrected chi connectivity index (χ1v) is 10.5. The molecule has 1 fully saturated rings. The van der Waals surface area contributed by atoms with Crippen LogP contribution in [0.5, 0.6) is 11.5 Å². The van der Waals surface area contributed by atoms with Crippen molar-refractivity contribution in [2.75, 3.05) is 27.3 Å². The fourth-order valence-electron chi connectivity index (χ4n) is 4.39. The Balaban J connectivity index is 1.85. The van der Waals surface area contributed by atoms with Gasteiger partial charge in [0, 0.05) is 23.9 Å². The van der Waals surface area contributed by atoms with E-state index in [-0.39, 0.29) is 17.7 Å². The molecule has 2 aliphatic rings. The molecule has 154 valence electrons. The maximum absolute atomic E-state index is 13.0. The van der Waals surface area contributed by atoms with Gasteiger partial charge in [0.05, 0.1) is 19.9 Å². The smallest absolute Gasteiger partial charge is 0.246 e. The first-order valence-electron chi connectivity index (χ1n) is 10.5. The minimum Gasteiger partial charge on any atom is -0.493 e. The summed E-state index contributed by atoms with van der Waals surface area (Å²) in [6.45, 7) is 1.41. The molecule has 0 spiro atoms. The van der Waals surface area contributed by atoms with E-state index in [0.717, 1.165) is 69.2 Å². The van der Waals surface area contributed by atoms with Crippen molar-refractivity contribution in [3.8, 4) is 11.5 Å². The monoisotopic (exact) mass is 387 g/mol. The number of benzene rings is 1. The molecule has 1 aromatic rings. The van der Waals surface area contributed by atoms with E-state index in [4.69, 9.17) is 20.3 Å². The minimum absolute atomic E-state index is 0.0541. The van der Waals surface area contributed by atoms with Gasteiger partial charge in [-0.15, -0.1) is 0 Å². The van der Waals surface area contributed by atoms with Gasteiger partial charge in [0.15, 0.2) is 11.5 Å². The molecule has 1 saturated carbocycles. The highest BCUT2D eigenvalue weighted by Gasteiger charge is 2.41. The number of methoxy groups -OCH3 is 2. The number of fused-ring (bicyclic) bond motifs is 1. The predicted molar refractivity (Wildman–Crippen MR) is 111 cm³/mol. The van der Waals surface area contributed by atoms with Gasteiger partial charge in [-0.05, 0) is 50.4 Å². The molecule has 2 atom stereocenters. The summed E-state index contributed by atoms with van der Waals surface area (Å²) in [7, 11) is 3.28. The topological polar surface area (TPSA) is 77.1 Å². The van der Waals surface area contributed by atoms with Gasteiger partial charge in [0.25, 0.3) is 0 Å². The average Bonchev–Trinajstić information content (AvgIpc) is 2.74. The zero-order valence-electron chi connectivity index (χ0n) is 17.2. The van der Waals surface area contributed by atoms with Gasteiger partial charge in [0.1, 0.15) is 0 Å². The molecule has 1 amide bonds. The Kier molecular flexibility index (Phi) is 7.31. The molecule has 1 aliphatic carbocycles. The second kappa shape index (κ2) is 9.92. The second-order valence-corrected chi connectivity index (χ2v) is 7.72. The van der Waals surface area contributed by atoms with E-state index < -0.39 is 0 Å². The van der Waals surface area contributed by atoms with Crippen LogP contribution in [0.3, 0.4) is 0 Å². The fourth-order valence-corrected chi connectivity index (χ4v) is 4.39. The maximum Gasteiger partial charge on any atom is 0.246 e. The van der Waals surface area contributed by atoms with Gasteiger partial charge in [-0.25, -0.2) is 5.01 Å². The quantitative estimate of drug-likeness (QED) is 0.657. The molecule has 0 radical (unpaired) electrons. The Labute approximate surface area is 168 Å². The van der Waals surface area contributed by atoms with Crippen LogP contribution in [0.25, 0.3) is 0 Å². The van der Waals surface area contributed by atoms with Gasteiger partial charge in [-0.3, -0.25) is 4.79 Å². The molecule has 2 N–H and O–H groups in total. The van der Waals surface area contributed by atoms with Gasteiger partial charge < -0.3 is 15.2 Å². The molecule has 28 heavy (non-hydrogen) atoms. The van der Waals surface area contributed by atoms with Crippen molar-refractivity contribution in [2.24, 2.45) is 22.7 Å². The molecule has 1 aliphatic heterocycles. The van der Waals surface area contributed by atoms with E-state index >= 15 is 0 Å². The summed E-state index contributed by atoms with van der Waals surface area (Å²) in [6, 6.07) is 5.93. The summed E-state index contributed by atoms with van der Waals surface area (Å²) >= 11 is 0. The Morgan fingerprint density at radius 2 is 1.75 bits per heavy atom. The van der Waals surface area contributed by atoms with Crippen LogP contribution in [-0.4, -0.2) is 43.9 Å². The number of amides is 1. The molecule has 6 nitrogen and oxygen atoms in total. The van der Waals surface area contributed by atoms with Crippen LogP contribution in [0.2, 0.25) is 0 Å². The number of carbonyl (C=O) groups excluding carboxylic acids is 1. The predicted octanol–water partition coefficient (Wildman–Crippen LogP) is 3.58. The van der Waals surface area contributed by atoms with Crippen LogP contribution >= 0.6 is 0 Å². The number of nitrogens with zero attached hydrogens (tertiary/aromatic N) is 2. The van der Waals surface area contributed by atoms with Gasteiger partial charge in [0.2, 0.25) is 5.91 Å². The van der Waals surface area contributed by atoms with Crippen molar-refractivity contribution < 1.29 is 14.3 Å². The summed E-state index contributed by atoms with van der Waals surface area (Å²) < 4.78 is 10.9. The molecule has 0 bridgehead atoms. The van der Waals surface area contributed by atoms with Crippen molar-refractivity contribution in [3.63, 3.8) is 0 Å². The van der Waals surface area contributed by atoms with E-state index in [1.54, 1.807) is 19.2 Å². The van der Waals surface area contributed by atoms with E-state index in [2.05, 4.69) is 0 Å². The van der Waals surface area contributed by atoms with E-state index in [9.17, 15) is 4.79 Å². The molecule has 0 aromatic heterocycles. The Morgan fingerprint density at radius 1 is 1.04 bits per heavy atom. The van der Waals surface area contributed by atoms with Crippen molar-refractivity contribution in [1.82, 2.24) is 5.01 Å². The highest BCUT2D eigenvalue weighted by atomic mass is 16.5. The van der Waals surface area contributed by atoms with Crippen LogP contribution in [0.4, 0.5) is 0 Å². The van der Waals surface area contributed by atoms with Gasteiger partial charge in [-0.2, -0.15) is 5.10 Å². The maximum atomic E-state index is 13.0. The van der Waals surface area contributed by atoms with Crippen molar-refractivity contribution in [1.29, 1.82) is 0 Å². The number of rotatable bonds is 9. The second-order valence-electron chi connectivity index (χ2n) is 7.72. The summed E-state index contributed by atoms with van der Waals surface area (Å²) in [4.78, 5) is 13.0. The number of carbonyl (C=O) groups is 1. The number of hydrogen-bond donors (Lipinski definition) is 1. The first kappa shape index (κ1) is 20.6. The van der Waals surface area contributed by atoms with Gasteiger partial charge in [-0.1, -0.05) is 25.7 Å². The molecule has 0 saturated heterocycles. The highest BCUT2D eigenvalue weighted by Crippen LogP contribution is 2.39. The molecule has 2 unspecified atom stereocenters. The van der Waals surface area contributed by atoms with E-state index in [1.165, 1.54) is 0 Å². The Hall–Kier alpha value is -2.08. The largest absolute Gasteiger partial charge is 0.493 e. The number of ether oxygens (including phenoxy) is 2. The molecule has 3 rings (SSSR count). The Bertz CT molecular complexity index is 704. The van der Waals surface area contributed by atoms with Crippen LogP contribution in [0, 0.1) is 11.8 Å². The lowest BCUT2D eigenvalue weighted by Gasteiger charge is -2.38. The van der Waals surface area contributed by atoms with Crippen LogP contribution < -0.4 is 15.2 Å². The molecular weight excluding hydrogens is 354 g/mol. The summed E-state index contributed by atoms with van der Waals surface area (Å²) in [6.07, 6.45) is 8.45. The van der Waals surface area contributed by atoms with Crippen LogP contribution in [0.1, 0.15) is 56.9 Å². The lowest BCUT2D eigenvalue weighted by atomic mass is 9.73. The normalized spacial score (nSPS) is 21.9. The van der Waals surface area contributed by atoms with Crippen molar-refractivity contribution in [3.05, 3.63) is 23.8 Å². The molecular formula is C22H33N3O3. The highest BCUT2D eigenvalue weighted by molar-refractivity contribution is 6.07. The number of nitrogens with two attached hydrogens (primary N) is 1. The lowest BCUT2D eigenvalue weighted by molar-refractivity contribution is -0.139. The van der Waals surface area contributed by atoms with Crippen molar-refractivity contribution >= 4 is 11.6 Å². The SMILES string of the molecule is COc1ccc(C2=NN(CCCCCCN)C(=O)C3CCCCC23)cc1OC. The third kappa shape index (κ3) is 4.49. The summed E-state index contributed by atoms with van der Waals surface area (Å²) in [5.41, 5.74) is 7.61. The van der Waals surface area contributed by atoms with Crippen molar-refractivity contribution in [2.45, 2.75) is 51.4 Å². The zero-order valence-corrected chi connectivity index (χ0v) is 17.2. The van der Waals surface area contributed by atoms with Crippen LogP contribution in [-0.2, 0) is 4.79 Å². The van der Waals surface area contributed by atoms with Crippen LogP contribution in [0.15, 0.2) is 23.3 Å². The average molecular weight is 388 g/mol.